The van der Waals surface area contributed by atoms with Gasteiger partial charge in [-0.15, -0.1) is 0 Å². The molecule has 0 fully saturated rings. The third kappa shape index (κ3) is 9.41. The molecule has 0 heterocycles. The Bertz CT molecular complexity index is 354. The monoisotopic (exact) mass is 410 g/mol. The molecule has 0 spiro atoms. The van der Waals surface area contributed by atoms with E-state index in [0.29, 0.717) is 13.2 Å². The van der Waals surface area contributed by atoms with Gasteiger partial charge in [-0.1, -0.05) is 41.5 Å². The van der Waals surface area contributed by atoms with E-state index in [2.05, 4.69) is 67.7 Å². The summed E-state index contributed by atoms with van der Waals surface area (Å²) in [5.74, 6) is 0. The van der Waals surface area contributed by atoms with E-state index in [0.717, 1.165) is 0 Å². The van der Waals surface area contributed by atoms with Gasteiger partial charge in [-0.05, 0) is 36.3 Å². The van der Waals surface area contributed by atoms with Crippen LogP contribution in [-0.4, -0.2) is 61.4 Å². The minimum absolute atomic E-state index is 0.140. The van der Waals surface area contributed by atoms with Crippen LogP contribution >= 0.6 is 0 Å². The lowest BCUT2D eigenvalue weighted by molar-refractivity contribution is -0.134. The largest absolute Gasteiger partial charge is 0.395 e. The molecule has 158 valence electrons. The van der Waals surface area contributed by atoms with Gasteiger partial charge in [0.2, 0.25) is 0 Å². The summed E-state index contributed by atoms with van der Waals surface area (Å²) in [4.78, 5) is 0. The molecule has 1 N–H and O–H groups in total. The second-order valence-electron chi connectivity index (χ2n) is 9.70. The Morgan fingerprint density at radius 1 is 0.731 bits per heavy atom. The number of aliphatic hydroxyl groups is 1. The number of rotatable bonds is 12. The predicted octanol–water partition coefficient (Wildman–Crippen LogP) is 4.31. The van der Waals surface area contributed by atoms with E-state index in [9.17, 15) is 0 Å². The van der Waals surface area contributed by atoms with Crippen molar-refractivity contribution in [3.8, 4) is 0 Å². The van der Waals surface area contributed by atoms with E-state index in [1.807, 2.05) is 0 Å². The average Bonchev–Trinajstić information content (AvgIpc) is 2.45. The molecule has 0 bridgehead atoms. The standard InChI is InChI=1S/C18H42O6Si2/c1-17(2,3)25(7,8)23-14-20-11-16(22-13-19)12-21-15-24-26(9,10)18(4,5)6/h16,19H,11-15H2,1-10H3. The summed E-state index contributed by atoms with van der Waals surface area (Å²) in [5.41, 5.74) is 0. The molecule has 0 aromatic rings. The molecule has 0 unspecified atom stereocenters. The van der Waals surface area contributed by atoms with Crippen molar-refractivity contribution in [3.05, 3.63) is 0 Å². The van der Waals surface area contributed by atoms with Crippen LogP contribution in [0.2, 0.25) is 36.3 Å². The lowest BCUT2D eigenvalue weighted by atomic mass is 10.2. The fourth-order valence-electron chi connectivity index (χ4n) is 1.42. The first-order valence-corrected chi connectivity index (χ1v) is 15.1. The van der Waals surface area contributed by atoms with Crippen molar-refractivity contribution in [1.82, 2.24) is 0 Å². The zero-order chi connectivity index (χ0) is 20.6. The molecule has 0 radical (unpaired) electrons. The van der Waals surface area contributed by atoms with Crippen molar-refractivity contribution in [1.29, 1.82) is 0 Å². The maximum absolute atomic E-state index is 9.04. The van der Waals surface area contributed by atoms with Crippen molar-refractivity contribution in [2.24, 2.45) is 0 Å². The van der Waals surface area contributed by atoms with Crippen molar-refractivity contribution >= 4 is 16.6 Å². The second kappa shape index (κ2) is 10.7. The molecule has 0 atom stereocenters. The SMILES string of the molecule is CC(C)(C)[Si](C)(C)OCOCC(COCO[Si](C)(C)C(C)(C)C)OCO. The average molecular weight is 411 g/mol. The third-order valence-electron chi connectivity index (χ3n) is 5.54. The smallest absolute Gasteiger partial charge is 0.195 e. The van der Waals surface area contributed by atoms with Gasteiger partial charge < -0.3 is 28.2 Å². The lowest BCUT2D eigenvalue weighted by Crippen LogP contribution is -2.42. The fourth-order valence-corrected chi connectivity index (χ4v) is 3.04. The molecule has 0 aromatic heterocycles. The normalized spacial score (nSPS) is 14.3. The summed E-state index contributed by atoms with van der Waals surface area (Å²) >= 11 is 0. The van der Waals surface area contributed by atoms with Gasteiger partial charge >= 0.3 is 0 Å². The molecule has 0 aliphatic carbocycles. The fraction of sp³-hybridized carbons (Fsp3) is 1.00. The molecule has 0 rings (SSSR count). The number of ether oxygens (including phenoxy) is 3. The molecular formula is C18H42O6Si2. The van der Waals surface area contributed by atoms with Gasteiger partial charge in [-0.3, -0.25) is 0 Å². The van der Waals surface area contributed by atoms with Crippen LogP contribution in [0, 0.1) is 0 Å². The quantitative estimate of drug-likeness (QED) is 0.294. The Morgan fingerprint density at radius 3 is 1.35 bits per heavy atom. The van der Waals surface area contributed by atoms with Crippen LogP contribution in [0.25, 0.3) is 0 Å². The lowest BCUT2D eigenvalue weighted by Gasteiger charge is -2.36. The highest BCUT2D eigenvalue weighted by Gasteiger charge is 2.38. The molecule has 26 heavy (non-hydrogen) atoms. The zero-order valence-corrected chi connectivity index (χ0v) is 20.6. The summed E-state index contributed by atoms with van der Waals surface area (Å²) in [6.45, 7) is 22.5. The zero-order valence-electron chi connectivity index (χ0n) is 18.6. The van der Waals surface area contributed by atoms with Gasteiger partial charge in [0.15, 0.2) is 16.6 Å². The van der Waals surface area contributed by atoms with Crippen LogP contribution in [0.3, 0.4) is 0 Å². The molecule has 0 aromatic carbocycles. The molecule has 0 saturated carbocycles. The summed E-state index contributed by atoms with van der Waals surface area (Å²) in [7, 11) is -3.65. The predicted molar refractivity (Wildman–Crippen MR) is 110 cm³/mol. The summed E-state index contributed by atoms with van der Waals surface area (Å²) in [5, 5.41) is 9.32. The van der Waals surface area contributed by atoms with Crippen LogP contribution in [-0.2, 0) is 23.1 Å². The number of hydrogen-bond acceptors (Lipinski definition) is 6. The Kier molecular flexibility index (Phi) is 10.7. The van der Waals surface area contributed by atoms with Crippen molar-refractivity contribution in [2.75, 3.05) is 33.6 Å². The molecule has 8 heteroatoms. The Morgan fingerprint density at radius 2 is 1.08 bits per heavy atom. The van der Waals surface area contributed by atoms with Crippen molar-refractivity contribution < 1.29 is 28.2 Å². The van der Waals surface area contributed by atoms with Gasteiger partial charge in [0.25, 0.3) is 0 Å². The molecule has 0 amide bonds. The molecule has 0 aliphatic heterocycles. The van der Waals surface area contributed by atoms with Gasteiger partial charge in [0.05, 0.1) is 13.2 Å². The van der Waals surface area contributed by atoms with E-state index < -0.39 is 16.6 Å². The van der Waals surface area contributed by atoms with E-state index in [-0.39, 0.29) is 36.6 Å². The van der Waals surface area contributed by atoms with Gasteiger partial charge in [-0.2, -0.15) is 0 Å². The van der Waals surface area contributed by atoms with Crippen LogP contribution in [0.4, 0.5) is 0 Å². The minimum atomic E-state index is -1.83. The molecule has 6 nitrogen and oxygen atoms in total. The number of aliphatic hydroxyl groups excluding tert-OH is 1. The Balaban J connectivity index is 4.19. The molecule has 0 aliphatic rings. The first-order chi connectivity index (χ1) is 11.6. The maximum Gasteiger partial charge on any atom is 0.195 e. The van der Waals surface area contributed by atoms with Crippen LogP contribution in [0.15, 0.2) is 0 Å². The van der Waals surface area contributed by atoms with Crippen molar-refractivity contribution in [2.45, 2.75) is 83.9 Å². The highest BCUT2D eigenvalue weighted by atomic mass is 28.4. The van der Waals surface area contributed by atoms with E-state index in [4.69, 9.17) is 28.2 Å². The van der Waals surface area contributed by atoms with Crippen LogP contribution in [0.5, 0.6) is 0 Å². The molecular weight excluding hydrogens is 368 g/mol. The highest BCUT2D eigenvalue weighted by molar-refractivity contribution is 6.74. The highest BCUT2D eigenvalue weighted by Crippen LogP contribution is 2.37. The summed E-state index contributed by atoms with van der Waals surface area (Å²) in [6, 6.07) is 0. The van der Waals surface area contributed by atoms with E-state index in [1.54, 1.807) is 0 Å². The summed E-state index contributed by atoms with van der Waals surface area (Å²) in [6.07, 6.45) is -0.356. The topological polar surface area (TPSA) is 66.4 Å². The minimum Gasteiger partial charge on any atom is -0.395 e. The maximum atomic E-state index is 9.04. The number of hydrogen-bond donors (Lipinski definition) is 1. The Labute approximate surface area is 162 Å². The Hall–Kier alpha value is 0.194. The van der Waals surface area contributed by atoms with Gasteiger partial charge in [0.1, 0.15) is 26.5 Å². The second-order valence-corrected chi connectivity index (χ2v) is 19.3. The van der Waals surface area contributed by atoms with Gasteiger partial charge in [-0.25, -0.2) is 0 Å². The first-order valence-electron chi connectivity index (χ1n) is 9.30. The molecule has 0 saturated heterocycles. The van der Waals surface area contributed by atoms with Gasteiger partial charge in [0, 0.05) is 0 Å². The van der Waals surface area contributed by atoms with E-state index >= 15 is 0 Å². The van der Waals surface area contributed by atoms with Crippen LogP contribution < -0.4 is 0 Å². The van der Waals surface area contributed by atoms with E-state index in [1.165, 1.54) is 0 Å². The van der Waals surface area contributed by atoms with Crippen molar-refractivity contribution in [3.63, 3.8) is 0 Å². The summed E-state index contributed by atoms with van der Waals surface area (Å²) < 4.78 is 28.4. The third-order valence-corrected chi connectivity index (χ3v) is 14.4. The first kappa shape index (κ1) is 26.2. The van der Waals surface area contributed by atoms with Crippen LogP contribution in [0.1, 0.15) is 41.5 Å².